The molecule has 0 fully saturated rings. The molecule has 2 rings (SSSR count). The normalized spacial score (nSPS) is 15.0. The van der Waals surface area contributed by atoms with E-state index >= 15 is 0 Å². The molecule has 0 radical (unpaired) electrons. The molecule has 0 aromatic heterocycles. The second kappa shape index (κ2) is 5.35. The number of methoxy groups -OCH3 is 2. The summed E-state index contributed by atoms with van der Waals surface area (Å²) in [5, 5.41) is 2.81. The highest BCUT2D eigenvalue weighted by Gasteiger charge is 2.20. The zero-order chi connectivity index (χ0) is 12.3. The summed E-state index contributed by atoms with van der Waals surface area (Å²) in [4.78, 5) is 13.4. The van der Waals surface area contributed by atoms with Crippen molar-refractivity contribution in [2.24, 2.45) is 0 Å². The number of carbonyl (C=O) groups is 1. The first kappa shape index (κ1) is 12.2. The fraction of sp³-hybridized carbons (Fsp3) is 0.250. The molecule has 1 heterocycles. The van der Waals surface area contributed by atoms with Crippen molar-refractivity contribution in [3.8, 4) is 0 Å². The largest absolute Gasteiger partial charge is 0.351 e. The fourth-order valence-electron chi connectivity index (χ4n) is 1.56. The van der Waals surface area contributed by atoms with Crippen molar-refractivity contribution < 1.29 is 14.3 Å². The van der Waals surface area contributed by atoms with Gasteiger partial charge in [0.2, 0.25) is 5.91 Å². The summed E-state index contributed by atoms with van der Waals surface area (Å²) in [6, 6.07) is 7.62. The van der Waals surface area contributed by atoms with Gasteiger partial charge >= 0.3 is 0 Å². The molecular formula is C12H13NO3S. The molecule has 0 saturated carbocycles. The van der Waals surface area contributed by atoms with Crippen LogP contribution >= 0.6 is 11.8 Å². The lowest BCUT2D eigenvalue weighted by Crippen LogP contribution is -2.15. The van der Waals surface area contributed by atoms with Gasteiger partial charge in [0.05, 0.1) is 10.6 Å². The third kappa shape index (κ3) is 2.69. The van der Waals surface area contributed by atoms with E-state index in [9.17, 15) is 4.79 Å². The number of hydrogen-bond acceptors (Lipinski definition) is 4. The Morgan fingerprint density at radius 3 is 2.65 bits per heavy atom. The average Bonchev–Trinajstić information content (AvgIpc) is 2.48. The molecule has 90 valence electrons. The van der Waals surface area contributed by atoms with Crippen LogP contribution in [0.5, 0.6) is 0 Å². The van der Waals surface area contributed by atoms with Gasteiger partial charge in [0.1, 0.15) is 0 Å². The van der Waals surface area contributed by atoms with Crippen molar-refractivity contribution in [1.82, 2.24) is 0 Å². The summed E-state index contributed by atoms with van der Waals surface area (Å²) in [5.74, 6) is -0.170. The van der Waals surface area contributed by atoms with Crippen LogP contribution in [0.4, 0.5) is 5.69 Å². The van der Waals surface area contributed by atoms with E-state index in [0.717, 1.165) is 15.5 Å². The van der Waals surface area contributed by atoms with Crippen molar-refractivity contribution in [3.63, 3.8) is 0 Å². The molecule has 1 aliphatic rings. The van der Waals surface area contributed by atoms with E-state index in [0.29, 0.717) is 0 Å². The molecule has 0 spiro atoms. The Morgan fingerprint density at radius 1 is 1.24 bits per heavy atom. The molecule has 5 heteroatoms. The van der Waals surface area contributed by atoms with Crippen molar-refractivity contribution in [3.05, 3.63) is 35.2 Å². The minimum atomic E-state index is -0.517. The molecular weight excluding hydrogens is 238 g/mol. The second-order valence-electron chi connectivity index (χ2n) is 3.44. The molecule has 1 amide bonds. The van der Waals surface area contributed by atoms with Gasteiger partial charge in [-0.3, -0.25) is 4.79 Å². The van der Waals surface area contributed by atoms with Crippen LogP contribution in [0.3, 0.4) is 0 Å². The van der Waals surface area contributed by atoms with Gasteiger partial charge in [-0.05, 0) is 12.1 Å². The number of benzene rings is 1. The standard InChI is InChI=1S/C12H13NO3S/c1-15-12(16-2)10-7-11(14)13-8-5-3-4-6-9(8)17-10/h3-7,12H,1-2H3,(H,13,14). The predicted octanol–water partition coefficient (Wildman–Crippen LogP) is 2.23. The number of nitrogens with one attached hydrogen (secondary N) is 1. The maximum atomic E-state index is 11.7. The van der Waals surface area contributed by atoms with E-state index in [-0.39, 0.29) is 5.91 Å². The van der Waals surface area contributed by atoms with Crippen molar-refractivity contribution in [2.45, 2.75) is 11.2 Å². The third-order valence-corrected chi connectivity index (χ3v) is 3.43. The van der Waals surface area contributed by atoms with Gasteiger partial charge in [-0.15, -0.1) is 0 Å². The quantitative estimate of drug-likeness (QED) is 0.837. The molecule has 0 atom stereocenters. The zero-order valence-corrected chi connectivity index (χ0v) is 10.4. The average molecular weight is 251 g/mol. The Kier molecular flexibility index (Phi) is 3.83. The highest BCUT2D eigenvalue weighted by atomic mass is 32.2. The van der Waals surface area contributed by atoms with Gasteiger partial charge in [-0.2, -0.15) is 0 Å². The molecule has 1 aliphatic heterocycles. The maximum Gasteiger partial charge on any atom is 0.249 e. The Labute approximate surface area is 104 Å². The molecule has 1 N–H and O–H groups in total. The summed E-state index contributed by atoms with van der Waals surface area (Å²) < 4.78 is 10.3. The minimum Gasteiger partial charge on any atom is -0.351 e. The molecule has 0 aliphatic carbocycles. The van der Waals surface area contributed by atoms with E-state index in [2.05, 4.69) is 5.32 Å². The number of thioether (sulfide) groups is 1. The van der Waals surface area contributed by atoms with Crippen LogP contribution in [-0.4, -0.2) is 26.4 Å². The first-order valence-corrected chi connectivity index (χ1v) is 5.91. The van der Waals surface area contributed by atoms with Crippen LogP contribution in [0.2, 0.25) is 0 Å². The molecule has 1 aromatic rings. The molecule has 17 heavy (non-hydrogen) atoms. The highest BCUT2D eigenvalue weighted by molar-refractivity contribution is 8.03. The van der Waals surface area contributed by atoms with Gasteiger partial charge in [-0.25, -0.2) is 0 Å². The molecule has 0 saturated heterocycles. The lowest BCUT2D eigenvalue weighted by Gasteiger charge is -2.15. The SMILES string of the molecule is COC(OC)C1=CC(=O)Nc2ccccc2S1. The molecule has 4 nitrogen and oxygen atoms in total. The van der Waals surface area contributed by atoms with E-state index in [1.165, 1.54) is 17.8 Å². The molecule has 0 bridgehead atoms. The zero-order valence-electron chi connectivity index (χ0n) is 9.60. The number of carbonyl (C=O) groups excluding carboxylic acids is 1. The first-order chi connectivity index (χ1) is 8.24. The Morgan fingerprint density at radius 2 is 1.94 bits per heavy atom. The number of rotatable bonds is 3. The van der Waals surface area contributed by atoms with E-state index in [1.807, 2.05) is 24.3 Å². The van der Waals surface area contributed by atoms with Crippen LogP contribution in [0.15, 0.2) is 40.1 Å². The van der Waals surface area contributed by atoms with Crippen LogP contribution in [0.25, 0.3) is 0 Å². The Bertz CT molecular complexity index is 455. The van der Waals surface area contributed by atoms with Crippen LogP contribution in [0.1, 0.15) is 0 Å². The summed E-state index contributed by atoms with van der Waals surface area (Å²) in [6.07, 6.45) is 0.986. The lowest BCUT2D eigenvalue weighted by atomic mass is 10.3. The highest BCUT2D eigenvalue weighted by Crippen LogP contribution is 2.37. The third-order valence-electron chi connectivity index (χ3n) is 2.31. The second-order valence-corrected chi connectivity index (χ2v) is 4.55. The van der Waals surface area contributed by atoms with Gasteiger partial charge in [0, 0.05) is 25.2 Å². The summed E-state index contributed by atoms with van der Waals surface area (Å²) in [6.45, 7) is 0. The molecule has 0 unspecified atom stereocenters. The summed E-state index contributed by atoms with van der Waals surface area (Å²) in [7, 11) is 3.09. The van der Waals surface area contributed by atoms with Crippen LogP contribution < -0.4 is 5.32 Å². The number of hydrogen-bond donors (Lipinski definition) is 1. The topological polar surface area (TPSA) is 47.6 Å². The Balaban J connectivity index is 2.34. The summed E-state index contributed by atoms with van der Waals surface area (Å²) in [5.41, 5.74) is 0.805. The predicted molar refractivity (Wildman–Crippen MR) is 66.8 cm³/mol. The number of anilines is 1. The smallest absolute Gasteiger partial charge is 0.249 e. The Hall–Kier alpha value is -1.30. The van der Waals surface area contributed by atoms with Crippen LogP contribution in [-0.2, 0) is 14.3 Å². The van der Waals surface area contributed by atoms with Crippen molar-refractivity contribution in [1.29, 1.82) is 0 Å². The lowest BCUT2D eigenvalue weighted by molar-refractivity contribution is -0.112. The number of ether oxygens (including phenoxy) is 2. The minimum absolute atomic E-state index is 0.170. The summed E-state index contributed by atoms with van der Waals surface area (Å²) >= 11 is 1.47. The van der Waals surface area contributed by atoms with E-state index in [4.69, 9.17) is 9.47 Å². The van der Waals surface area contributed by atoms with Gasteiger partial charge < -0.3 is 14.8 Å². The maximum absolute atomic E-state index is 11.7. The van der Waals surface area contributed by atoms with E-state index < -0.39 is 6.29 Å². The number of fused-ring (bicyclic) bond motifs is 1. The van der Waals surface area contributed by atoms with Gasteiger partial charge in [0.25, 0.3) is 0 Å². The van der Waals surface area contributed by atoms with Crippen molar-refractivity contribution >= 4 is 23.4 Å². The fourth-order valence-corrected chi connectivity index (χ4v) is 2.64. The van der Waals surface area contributed by atoms with Gasteiger partial charge in [0.15, 0.2) is 6.29 Å². The monoisotopic (exact) mass is 251 g/mol. The molecule has 1 aromatic carbocycles. The van der Waals surface area contributed by atoms with Crippen LogP contribution in [0, 0.1) is 0 Å². The van der Waals surface area contributed by atoms with E-state index in [1.54, 1.807) is 14.2 Å². The van der Waals surface area contributed by atoms with Gasteiger partial charge in [-0.1, -0.05) is 23.9 Å². The number of amides is 1. The number of para-hydroxylation sites is 1. The van der Waals surface area contributed by atoms with Crippen molar-refractivity contribution in [2.75, 3.05) is 19.5 Å². The first-order valence-electron chi connectivity index (χ1n) is 5.09.